The predicted octanol–water partition coefficient (Wildman–Crippen LogP) is 2.62. The Balaban J connectivity index is 2.11. The highest BCUT2D eigenvalue weighted by atomic mass is 32.2. The first-order valence-electron chi connectivity index (χ1n) is 6.51. The van der Waals surface area contributed by atoms with Gasteiger partial charge in [-0.05, 0) is 28.8 Å². The summed E-state index contributed by atoms with van der Waals surface area (Å²) in [6.07, 6.45) is 1.02. The molecule has 0 unspecified atom stereocenters. The molecule has 0 aromatic heterocycles. The number of carbonyl (C=O) groups excluding carboxylic acids is 1. The van der Waals surface area contributed by atoms with Crippen LogP contribution in [0.25, 0.3) is 11.1 Å². The highest BCUT2D eigenvalue weighted by molar-refractivity contribution is 7.85. The largest absolute Gasteiger partial charge is 0.465 e. The van der Waals surface area contributed by atoms with Crippen molar-refractivity contribution < 1.29 is 22.1 Å². The third kappa shape index (κ3) is 4.41. The number of benzene rings is 2. The summed E-state index contributed by atoms with van der Waals surface area (Å²) in [5, 5.41) is 0. The van der Waals surface area contributed by atoms with Crippen molar-refractivity contribution in [2.75, 3.05) is 13.4 Å². The maximum Gasteiger partial charge on any atom is 0.337 e. The Morgan fingerprint density at radius 1 is 0.955 bits per heavy atom. The van der Waals surface area contributed by atoms with Crippen LogP contribution in [0.1, 0.15) is 15.9 Å². The van der Waals surface area contributed by atoms with Gasteiger partial charge in [-0.15, -0.1) is 0 Å². The van der Waals surface area contributed by atoms with E-state index in [2.05, 4.69) is 4.74 Å². The van der Waals surface area contributed by atoms with Crippen LogP contribution in [0.5, 0.6) is 0 Å². The molecular formula is C16H16O5S. The van der Waals surface area contributed by atoms with E-state index in [-0.39, 0.29) is 12.6 Å². The number of esters is 1. The lowest BCUT2D eigenvalue weighted by Crippen LogP contribution is -2.02. The maximum atomic E-state index is 11.4. The van der Waals surface area contributed by atoms with E-state index < -0.39 is 10.1 Å². The maximum absolute atomic E-state index is 11.4. The topological polar surface area (TPSA) is 69.7 Å². The average molecular weight is 320 g/mol. The molecule has 0 saturated heterocycles. The minimum absolute atomic E-state index is 0.0143. The van der Waals surface area contributed by atoms with Crippen LogP contribution in [0.2, 0.25) is 0 Å². The van der Waals surface area contributed by atoms with Gasteiger partial charge in [-0.2, -0.15) is 8.42 Å². The number of methoxy groups -OCH3 is 1. The fourth-order valence-corrected chi connectivity index (χ4v) is 2.24. The molecule has 2 rings (SSSR count). The van der Waals surface area contributed by atoms with Gasteiger partial charge in [0.2, 0.25) is 0 Å². The molecule has 0 atom stereocenters. The summed E-state index contributed by atoms with van der Waals surface area (Å²) in [6, 6.07) is 14.4. The van der Waals surface area contributed by atoms with Crippen molar-refractivity contribution in [2.24, 2.45) is 0 Å². The molecule has 0 aliphatic rings. The van der Waals surface area contributed by atoms with Crippen molar-refractivity contribution in [3.05, 3.63) is 59.7 Å². The van der Waals surface area contributed by atoms with Gasteiger partial charge in [-0.1, -0.05) is 36.4 Å². The van der Waals surface area contributed by atoms with Crippen LogP contribution in [0.4, 0.5) is 0 Å². The van der Waals surface area contributed by atoms with Crippen molar-refractivity contribution in [1.82, 2.24) is 0 Å². The van der Waals surface area contributed by atoms with Gasteiger partial charge in [0.15, 0.2) is 0 Å². The van der Waals surface area contributed by atoms with Gasteiger partial charge in [0.25, 0.3) is 10.1 Å². The minimum atomic E-state index is -3.44. The molecule has 2 aromatic rings. The summed E-state index contributed by atoms with van der Waals surface area (Å²) in [5.74, 6) is -0.375. The van der Waals surface area contributed by atoms with Crippen LogP contribution in [-0.2, 0) is 25.6 Å². The molecule has 0 radical (unpaired) electrons. The van der Waals surface area contributed by atoms with E-state index in [1.165, 1.54) is 7.11 Å². The van der Waals surface area contributed by atoms with E-state index in [4.69, 9.17) is 4.18 Å². The van der Waals surface area contributed by atoms with Gasteiger partial charge in [0, 0.05) is 0 Å². The molecule has 0 heterocycles. The van der Waals surface area contributed by atoms with Gasteiger partial charge in [-0.25, -0.2) is 4.79 Å². The Kier molecular flexibility index (Phi) is 4.95. The molecule has 0 aliphatic carbocycles. The van der Waals surface area contributed by atoms with E-state index in [1.807, 2.05) is 24.3 Å². The first-order valence-corrected chi connectivity index (χ1v) is 8.33. The number of ether oxygens (including phenoxy) is 1. The second-order valence-electron chi connectivity index (χ2n) is 4.73. The Hall–Kier alpha value is -2.18. The molecule has 0 N–H and O–H groups in total. The standard InChI is InChI=1S/C16H16O5S/c1-20-16(17)15-9-7-14(8-10-15)13-5-3-12(4-6-13)11-21-22(2,18)19/h3-10H,11H2,1-2H3. The van der Waals surface area contributed by atoms with Gasteiger partial charge >= 0.3 is 5.97 Å². The molecule has 0 bridgehead atoms. The third-order valence-electron chi connectivity index (χ3n) is 3.03. The van der Waals surface area contributed by atoms with E-state index in [0.29, 0.717) is 5.56 Å². The van der Waals surface area contributed by atoms with Crippen molar-refractivity contribution in [2.45, 2.75) is 6.61 Å². The van der Waals surface area contributed by atoms with Crippen LogP contribution in [0.15, 0.2) is 48.5 Å². The number of rotatable bonds is 5. The van der Waals surface area contributed by atoms with Crippen LogP contribution in [0.3, 0.4) is 0 Å². The first kappa shape index (κ1) is 16.2. The summed E-state index contributed by atoms with van der Waals surface area (Å²) in [7, 11) is -2.10. The lowest BCUT2D eigenvalue weighted by atomic mass is 10.0. The highest BCUT2D eigenvalue weighted by Gasteiger charge is 2.06. The van der Waals surface area contributed by atoms with Crippen molar-refractivity contribution in [3.63, 3.8) is 0 Å². The van der Waals surface area contributed by atoms with Gasteiger partial charge in [0.1, 0.15) is 0 Å². The zero-order chi connectivity index (χ0) is 16.2. The first-order chi connectivity index (χ1) is 10.4. The number of hydrogen-bond donors (Lipinski definition) is 0. The Labute approximate surface area is 129 Å². The van der Waals surface area contributed by atoms with Crippen LogP contribution in [0, 0.1) is 0 Å². The zero-order valence-electron chi connectivity index (χ0n) is 12.3. The quantitative estimate of drug-likeness (QED) is 0.625. The highest BCUT2D eigenvalue weighted by Crippen LogP contribution is 2.21. The fourth-order valence-electron chi connectivity index (χ4n) is 1.89. The second kappa shape index (κ2) is 6.72. The minimum Gasteiger partial charge on any atom is -0.465 e. The molecule has 6 heteroatoms. The zero-order valence-corrected chi connectivity index (χ0v) is 13.1. The second-order valence-corrected chi connectivity index (χ2v) is 6.38. The van der Waals surface area contributed by atoms with Crippen LogP contribution in [-0.4, -0.2) is 27.8 Å². The Morgan fingerprint density at radius 3 is 1.91 bits per heavy atom. The van der Waals surface area contributed by atoms with Crippen molar-refractivity contribution >= 4 is 16.1 Å². The molecule has 2 aromatic carbocycles. The summed E-state index contributed by atoms with van der Waals surface area (Å²) in [4.78, 5) is 11.4. The third-order valence-corrected chi connectivity index (χ3v) is 3.58. The molecule has 116 valence electrons. The lowest BCUT2D eigenvalue weighted by molar-refractivity contribution is 0.0600. The molecule has 0 spiro atoms. The fraction of sp³-hybridized carbons (Fsp3) is 0.188. The molecule has 0 amide bonds. The summed E-state index contributed by atoms with van der Waals surface area (Å²) < 4.78 is 31.3. The lowest BCUT2D eigenvalue weighted by Gasteiger charge is -2.06. The van der Waals surface area contributed by atoms with Crippen molar-refractivity contribution in [3.8, 4) is 11.1 Å². The molecule has 22 heavy (non-hydrogen) atoms. The Morgan fingerprint density at radius 2 is 1.45 bits per heavy atom. The molecule has 5 nitrogen and oxygen atoms in total. The van der Waals surface area contributed by atoms with Crippen molar-refractivity contribution in [1.29, 1.82) is 0 Å². The molecule has 0 saturated carbocycles. The number of hydrogen-bond acceptors (Lipinski definition) is 5. The van der Waals surface area contributed by atoms with Crippen LogP contribution >= 0.6 is 0 Å². The van der Waals surface area contributed by atoms with Gasteiger partial charge in [-0.3, -0.25) is 4.18 Å². The summed E-state index contributed by atoms with van der Waals surface area (Å²) in [6.45, 7) is 0.0143. The van der Waals surface area contributed by atoms with Crippen LogP contribution < -0.4 is 0 Å². The summed E-state index contributed by atoms with van der Waals surface area (Å²) in [5.41, 5.74) is 3.16. The number of carbonyl (C=O) groups is 1. The SMILES string of the molecule is COC(=O)c1ccc(-c2ccc(COS(C)(=O)=O)cc2)cc1. The normalized spacial score (nSPS) is 11.2. The average Bonchev–Trinajstić information content (AvgIpc) is 2.52. The Bertz CT molecular complexity index is 746. The van der Waals surface area contributed by atoms with E-state index in [9.17, 15) is 13.2 Å². The predicted molar refractivity (Wildman–Crippen MR) is 82.9 cm³/mol. The van der Waals surface area contributed by atoms with E-state index >= 15 is 0 Å². The smallest absolute Gasteiger partial charge is 0.337 e. The molecule has 0 fully saturated rings. The van der Waals surface area contributed by atoms with E-state index in [1.54, 1.807) is 24.3 Å². The summed E-state index contributed by atoms with van der Waals surface area (Å²) >= 11 is 0. The van der Waals surface area contributed by atoms with Gasteiger partial charge < -0.3 is 4.74 Å². The molecule has 0 aliphatic heterocycles. The van der Waals surface area contributed by atoms with Gasteiger partial charge in [0.05, 0.1) is 25.5 Å². The van der Waals surface area contributed by atoms with E-state index in [0.717, 1.165) is 22.9 Å². The molecular weight excluding hydrogens is 304 g/mol. The monoisotopic (exact) mass is 320 g/mol.